The molecular weight excluding hydrogens is 284 g/mol. The molecule has 1 aromatic heterocycles. The highest BCUT2D eigenvalue weighted by Crippen LogP contribution is 2.19. The molecular formula is C13H17ClN2O4. The van der Waals surface area contributed by atoms with Crippen molar-refractivity contribution in [2.45, 2.75) is 18.9 Å². The Bertz CT molecular complexity index is 506. The third kappa shape index (κ3) is 3.52. The molecule has 0 aromatic carbocycles. The number of aryl methyl sites for hydroxylation is 1. The van der Waals surface area contributed by atoms with Gasteiger partial charge >= 0.3 is 5.97 Å². The molecule has 1 N–H and O–H groups in total. The van der Waals surface area contributed by atoms with Gasteiger partial charge in [0.2, 0.25) is 0 Å². The largest absolute Gasteiger partial charge is 0.480 e. The predicted octanol–water partition coefficient (Wildman–Crippen LogP) is 1.38. The molecule has 0 radical (unpaired) electrons. The summed E-state index contributed by atoms with van der Waals surface area (Å²) < 4.78 is 6.95. The van der Waals surface area contributed by atoms with Crippen LogP contribution in [0.2, 0.25) is 5.02 Å². The first-order valence-electron chi connectivity index (χ1n) is 6.42. The number of rotatable bonds is 4. The minimum atomic E-state index is -0.970. The molecule has 1 saturated heterocycles. The van der Waals surface area contributed by atoms with E-state index >= 15 is 0 Å². The van der Waals surface area contributed by atoms with Gasteiger partial charge in [-0.25, -0.2) is 4.79 Å². The lowest BCUT2D eigenvalue weighted by Crippen LogP contribution is -2.41. The maximum atomic E-state index is 12.3. The summed E-state index contributed by atoms with van der Waals surface area (Å²) in [5.74, 6) is -1.03. The van der Waals surface area contributed by atoms with Gasteiger partial charge in [0, 0.05) is 26.3 Å². The highest BCUT2D eigenvalue weighted by Gasteiger charge is 2.25. The fraction of sp³-hybridized carbons (Fsp3) is 0.538. The van der Waals surface area contributed by atoms with Crippen LogP contribution in [0.1, 0.15) is 23.3 Å². The minimum Gasteiger partial charge on any atom is -0.480 e. The van der Waals surface area contributed by atoms with E-state index in [0.29, 0.717) is 36.6 Å². The van der Waals surface area contributed by atoms with Crippen LogP contribution < -0.4 is 0 Å². The number of carboxylic acids is 1. The number of hydrogen-bond donors (Lipinski definition) is 1. The van der Waals surface area contributed by atoms with Crippen LogP contribution in [0.15, 0.2) is 12.3 Å². The Hall–Kier alpha value is -1.53. The third-order valence-electron chi connectivity index (χ3n) is 3.36. The van der Waals surface area contributed by atoms with E-state index in [0.717, 1.165) is 0 Å². The normalized spacial score (nSPS) is 16.4. The van der Waals surface area contributed by atoms with E-state index in [-0.39, 0.29) is 18.6 Å². The quantitative estimate of drug-likeness (QED) is 0.912. The molecule has 1 aromatic rings. The first-order valence-corrected chi connectivity index (χ1v) is 6.79. The number of aliphatic carboxylic acids is 1. The van der Waals surface area contributed by atoms with Crippen molar-refractivity contribution in [3.63, 3.8) is 0 Å². The van der Waals surface area contributed by atoms with Crippen LogP contribution in [0.5, 0.6) is 0 Å². The summed E-state index contributed by atoms with van der Waals surface area (Å²) in [7, 11) is 1.78. The van der Waals surface area contributed by atoms with Crippen molar-refractivity contribution < 1.29 is 19.4 Å². The summed E-state index contributed by atoms with van der Waals surface area (Å²) in [6, 6.07) is 1.65. The second-order valence-corrected chi connectivity index (χ2v) is 5.29. The number of piperidine rings is 1. The van der Waals surface area contributed by atoms with Crippen molar-refractivity contribution in [3.8, 4) is 0 Å². The average molecular weight is 301 g/mol. The summed E-state index contributed by atoms with van der Waals surface area (Å²) >= 11 is 5.88. The van der Waals surface area contributed by atoms with Crippen LogP contribution >= 0.6 is 11.6 Å². The van der Waals surface area contributed by atoms with Gasteiger partial charge in [0.25, 0.3) is 5.91 Å². The molecule has 2 rings (SSSR count). The molecule has 0 unspecified atom stereocenters. The van der Waals surface area contributed by atoms with Crippen LogP contribution in [0.4, 0.5) is 0 Å². The van der Waals surface area contributed by atoms with Gasteiger partial charge in [-0.2, -0.15) is 0 Å². The lowest BCUT2D eigenvalue weighted by Gasteiger charge is -2.31. The van der Waals surface area contributed by atoms with E-state index in [2.05, 4.69) is 0 Å². The van der Waals surface area contributed by atoms with Gasteiger partial charge in [0.15, 0.2) is 0 Å². The van der Waals surface area contributed by atoms with Crippen molar-refractivity contribution in [1.82, 2.24) is 9.47 Å². The molecule has 1 aliphatic heterocycles. The molecule has 1 fully saturated rings. The van der Waals surface area contributed by atoms with Crippen molar-refractivity contribution in [3.05, 3.63) is 23.0 Å². The SMILES string of the molecule is Cn1cc(Cl)cc1C(=O)N1CCC(OCC(=O)O)CC1. The average Bonchev–Trinajstić information content (AvgIpc) is 2.75. The number of hydrogen-bond acceptors (Lipinski definition) is 3. The second-order valence-electron chi connectivity index (χ2n) is 4.85. The van der Waals surface area contributed by atoms with Gasteiger partial charge in [-0.1, -0.05) is 11.6 Å². The zero-order valence-electron chi connectivity index (χ0n) is 11.2. The Morgan fingerprint density at radius 2 is 2.10 bits per heavy atom. The number of likely N-dealkylation sites (tertiary alicyclic amines) is 1. The summed E-state index contributed by atoms with van der Waals surface area (Å²) in [4.78, 5) is 24.5. The van der Waals surface area contributed by atoms with Crippen molar-refractivity contribution in [2.24, 2.45) is 7.05 Å². The molecule has 1 amide bonds. The van der Waals surface area contributed by atoms with E-state index in [4.69, 9.17) is 21.4 Å². The molecule has 0 bridgehead atoms. The van der Waals surface area contributed by atoms with Crippen LogP contribution in [0.3, 0.4) is 0 Å². The number of aromatic nitrogens is 1. The number of ether oxygens (including phenoxy) is 1. The molecule has 7 heteroatoms. The highest BCUT2D eigenvalue weighted by molar-refractivity contribution is 6.31. The zero-order valence-corrected chi connectivity index (χ0v) is 12.0. The topological polar surface area (TPSA) is 71.8 Å². The predicted molar refractivity (Wildman–Crippen MR) is 72.9 cm³/mol. The Morgan fingerprint density at radius 3 is 2.60 bits per heavy atom. The second kappa shape index (κ2) is 6.28. The van der Waals surface area contributed by atoms with Gasteiger partial charge < -0.3 is 19.3 Å². The molecule has 0 atom stereocenters. The number of amides is 1. The first kappa shape index (κ1) is 14.9. The Balaban J connectivity index is 1.89. The number of halogens is 1. The Kier molecular flexibility index (Phi) is 4.67. The standard InChI is InChI=1S/C13H17ClN2O4/c1-15-7-9(14)6-11(15)13(19)16-4-2-10(3-5-16)20-8-12(17)18/h6-7,10H,2-5,8H2,1H3,(H,17,18). The highest BCUT2D eigenvalue weighted by atomic mass is 35.5. The first-order chi connectivity index (χ1) is 9.47. The summed E-state index contributed by atoms with van der Waals surface area (Å²) in [6.45, 7) is 0.837. The fourth-order valence-electron chi connectivity index (χ4n) is 2.31. The van der Waals surface area contributed by atoms with Gasteiger partial charge in [0.05, 0.1) is 11.1 Å². The van der Waals surface area contributed by atoms with Crippen molar-refractivity contribution in [1.29, 1.82) is 0 Å². The summed E-state index contributed by atoms with van der Waals surface area (Å²) in [5.41, 5.74) is 0.555. The van der Waals surface area contributed by atoms with E-state index in [1.54, 1.807) is 28.8 Å². The van der Waals surface area contributed by atoms with Crippen molar-refractivity contribution >= 4 is 23.5 Å². The third-order valence-corrected chi connectivity index (χ3v) is 3.57. The molecule has 6 nitrogen and oxygen atoms in total. The van der Waals surface area contributed by atoms with E-state index < -0.39 is 5.97 Å². The number of carbonyl (C=O) groups excluding carboxylic acids is 1. The zero-order chi connectivity index (χ0) is 14.7. The maximum Gasteiger partial charge on any atom is 0.329 e. The maximum absolute atomic E-state index is 12.3. The van der Waals surface area contributed by atoms with Gasteiger partial charge in [0.1, 0.15) is 12.3 Å². The number of carboxylic acid groups (broad SMARTS) is 1. The molecule has 0 aliphatic carbocycles. The monoisotopic (exact) mass is 300 g/mol. The Morgan fingerprint density at radius 1 is 1.45 bits per heavy atom. The van der Waals surface area contributed by atoms with Gasteiger partial charge in [-0.3, -0.25) is 4.79 Å². The van der Waals surface area contributed by atoms with Crippen LogP contribution in [0, 0.1) is 0 Å². The van der Waals surface area contributed by atoms with E-state index in [1.807, 2.05) is 0 Å². The molecule has 2 heterocycles. The summed E-state index contributed by atoms with van der Waals surface area (Å²) in [6.07, 6.45) is 2.90. The number of carbonyl (C=O) groups is 2. The smallest absolute Gasteiger partial charge is 0.329 e. The van der Waals surface area contributed by atoms with Crippen LogP contribution in [-0.2, 0) is 16.6 Å². The molecule has 20 heavy (non-hydrogen) atoms. The molecule has 110 valence electrons. The molecule has 1 aliphatic rings. The number of nitrogens with zero attached hydrogens (tertiary/aromatic N) is 2. The minimum absolute atomic E-state index is 0.0592. The van der Waals surface area contributed by atoms with Crippen molar-refractivity contribution in [2.75, 3.05) is 19.7 Å². The van der Waals surface area contributed by atoms with E-state index in [1.165, 1.54) is 0 Å². The van der Waals surface area contributed by atoms with Gasteiger partial charge in [-0.05, 0) is 18.9 Å². The van der Waals surface area contributed by atoms with E-state index in [9.17, 15) is 9.59 Å². The molecule has 0 spiro atoms. The van der Waals surface area contributed by atoms with Crippen LogP contribution in [-0.4, -0.2) is 52.3 Å². The lowest BCUT2D eigenvalue weighted by molar-refractivity contribution is -0.145. The van der Waals surface area contributed by atoms with Crippen LogP contribution in [0.25, 0.3) is 0 Å². The van der Waals surface area contributed by atoms with Gasteiger partial charge in [-0.15, -0.1) is 0 Å². The fourth-order valence-corrected chi connectivity index (χ4v) is 2.56. The lowest BCUT2D eigenvalue weighted by atomic mass is 10.1. The Labute approximate surface area is 121 Å². The summed E-state index contributed by atoms with van der Waals surface area (Å²) in [5, 5.41) is 9.10. The molecule has 0 saturated carbocycles.